The van der Waals surface area contributed by atoms with Crippen molar-refractivity contribution in [1.82, 2.24) is 14.8 Å². The number of hydrogen-bond acceptors (Lipinski definition) is 5. The molecule has 0 atom stereocenters. The minimum atomic E-state index is -4.08. The van der Waals surface area contributed by atoms with E-state index in [1.165, 1.54) is 0 Å². The van der Waals surface area contributed by atoms with Gasteiger partial charge in [0.05, 0.1) is 24.8 Å². The fraction of sp³-hybridized carbons (Fsp3) is 0.444. The van der Waals surface area contributed by atoms with Crippen LogP contribution in [0.3, 0.4) is 0 Å². The second-order valence-corrected chi connectivity index (χ2v) is 9.34. The Morgan fingerprint density at radius 1 is 1.11 bits per heavy atom. The number of methoxy groups -OCH3 is 1. The normalized spacial score (nSPS) is 14.8. The van der Waals surface area contributed by atoms with Gasteiger partial charge in [0.15, 0.2) is 0 Å². The van der Waals surface area contributed by atoms with Crippen LogP contribution in [0.15, 0.2) is 42.6 Å². The van der Waals surface area contributed by atoms with Crippen LogP contribution in [0.25, 0.3) is 10.9 Å². The number of nitrogens with zero attached hydrogens (tertiary/aromatic N) is 3. The largest absolute Gasteiger partial charge is 0.496 e. The Morgan fingerprint density at radius 3 is 2.32 bits per heavy atom. The number of H-pyrrole nitrogens is 1. The third-order valence-electron chi connectivity index (χ3n) is 6.51. The third kappa shape index (κ3) is 7.62. The van der Waals surface area contributed by atoms with Crippen LogP contribution >= 0.6 is 0 Å². The summed E-state index contributed by atoms with van der Waals surface area (Å²) in [5.41, 5.74) is 4.44. The van der Waals surface area contributed by atoms with Gasteiger partial charge in [-0.15, -0.1) is 0 Å². The quantitative estimate of drug-likeness (QED) is 0.457. The van der Waals surface area contributed by atoms with Gasteiger partial charge in [-0.2, -0.15) is 13.2 Å². The summed E-state index contributed by atoms with van der Waals surface area (Å²) in [4.78, 5) is 19.9. The molecule has 4 rings (SSSR count). The monoisotopic (exact) mass is 520 g/mol. The van der Waals surface area contributed by atoms with Crippen molar-refractivity contribution in [3.63, 3.8) is 0 Å². The molecule has 0 saturated carbocycles. The van der Waals surface area contributed by atoms with Gasteiger partial charge in [0.2, 0.25) is 0 Å². The molecule has 2 aromatic carbocycles. The van der Waals surface area contributed by atoms with Gasteiger partial charge in [-0.05, 0) is 36.8 Å². The lowest BCUT2D eigenvalue weighted by Crippen LogP contribution is -2.46. The van der Waals surface area contributed by atoms with Gasteiger partial charge in [-0.1, -0.05) is 12.1 Å². The van der Waals surface area contributed by atoms with E-state index in [0.29, 0.717) is 18.7 Å². The van der Waals surface area contributed by atoms with Crippen molar-refractivity contribution in [2.24, 2.45) is 0 Å². The number of aryl methyl sites for hydroxylation is 1. The molecule has 1 fully saturated rings. The molecule has 0 aliphatic carbocycles. The standard InChI is InChI=1S/C18H24F3N3O.C9H11NO2/c1-13-11-16(25-2)15(14-3-5-22-17(13)14)12-24-9-7-23(8-10-24)6-4-18(19,20)21;1-10(2)8-6-4-3-5-7(8)9(11)12/h3,5,11,22H,4,6-10,12H2,1-2H3;3-6H,1-2H3,(H,11,12). The molecule has 7 nitrogen and oxygen atoms in total. The van der Waals surface area contributed by atoms with Crippen molar-refractivity contribution in [2.45, 2.75) is 26.1 Å². The highest BCUT2D eigenvalue weighted by molar-refractivity contribution is 5.94. The average molecular weight is 521 g/mol. The zero-order valence-corrected chi connectivity index (χ0v) is 21.7. The summed E-state index contributed by atoms with van der Waals surface area (Å²) in [5.74, 6) is -0.0246. The molecule has 0 spiro atoms. The maximum absolute atomic E-state index is 12.4. The predicted molar refractivity (Wildman–Crippen MR) is 140 cm³/mol. The number of fused-ring (bicyclic) bond motifs is 1. The van der Waals surface area contributed by atoms with Crippen molar-refractivity contribution in [3.05, 3.63) is 59.3 Å². The smallest absolute Gasteiger partial charge is 0.390 e. The van der Waals surface area contributed by atoms with Gasteiger partial charge in [-0.3, -0.25) is 4.90 Å². The molecule has 3 aromatic rings. The van der Waals surface area contributed by atoms with E-state index in [9.17, 15) is 18.0 Å². The number of ether oxygens (including phenoxy) is 1. The predicted octanol–water partition coefficient (Wildman–Crippen LogP) is 5.01. The molecule has 1 saturated heterocycles. The summed E-state index contributed by atoms with van der Waals surface area (Å²) in [5, 5.41) is 9.94. The lowest BCUT2D eigenvalue weighted by atomic mass is 10.0. The van der Waals surface area contributed by atoms with Crippen molar-refractivity contribution < 1.29 is 27.8 Å². The van der Waals surface area contributed by atoms with Crippen LogP contribution in [0.2, 0.25) is 0 Å². The second-order valence-electron chi connectivity index (χ2n) is 9.34. The summed E-state index contributed by atoms with van der Waals surface area (Å²) in [6.45, 7) is 5.74. The van der Waals surface area contributed by atoms with Gasteiger partial charge in [0.25, 0.3) is 0 Å². The van der Waals surface area contributed by atoms with Crippen molar-refractivity contribution in [3.8, 4) is 5.75 Å². The van der Waals surface area contributed by atoms with Crippen LogP contribution in [0.5, 0.6) is 5.75 Å². The minimum Gasteiger partial charge on any atom is -0.496 e. The molecule has 2 N–H and O–H groups in total. The SMILES string of the molecule is CN(C)c1ccccc1C(=O)O.COc1cc(C)c2[nH]ccc2c1CN1CCN(CCC(F)(F)F)CC1. The Kier molecular flexibility index (Phi) is 9.45. The molecule has 0 amide bonds. The Labute approximate surface area is 215 Å². The van der Waals surface area contributed by atoms with Crippen LogP contribution in [0.1, 0.15) is 27.9 Å². The summed E-state index contributed by atoms with van der Waals surface area (Å²) < 4.78 is 42.6. The molecule has 0 unspecified atom stereocenters. The van der Waals surface area contributed by atoms with Crippen molar-refractivity contribution >= 4 is 22.6 Å². The van der Waals surface area contributed by atoms with Crippen LogP contribution in [-0.4, -0.2) is 86.0 Å². The first kappa shape index (κ1) is 28.3. The van der Waals surface area contributed by atoms with E-state index in [-0.39, 0.29) is 6.54 Å². The number of aromatic carboxylic acids is 1. The molecule has 0 radical (unpaired) electrons. The lowest BCUT2D eigenvalue weighted by molar-refractivity contribution is -0.138. The molecule has 0 bridgehead atoms. The number of carbonyl (C=O) groups is 1. The van der Waals surface area contributed by atoms with Crippen LogP contribution < -0.4 is 9.64 Å². The summed E-state index contributed by atoms with van der Waals surface area (Å²) >= 11 is 0. The molecule has 1 aliphatic heterocycles. The first-order chi connectivity index (χ1) is 17.5. The Morgan fingerprint density at radius 2 is 1.76 bits per heavy atom. The molecule has 10 heteroatoms. The maximum atomic E-state index is 12.4. The highest BCUT2D eigenvalue weighted by Gasteiger charge is 2.29. The summed E-state index contributed by atoms with van der Waals surface area (Å²) in [7, 11) is 5.31. The van der Waals surface area contributed by atoms with E-state index >= 15 is 0 Å². The number of para-hydroxylation sites is 1. The fourth-order valence-corrected chi connectivity index (χ4v) is 4.50. The number of halogens is 3. The molecular weight excluding hydrogens is 485 g/mol. The highest BCUT2D eigenvalue weighted by Crippen LogP contribution is 2.32. The number of aromatic nitrogens is 1. The van der Waals surface area contributed by atoms with Gasteiger partial charge >= 0.3 is 12.1 Å². The Hall–Kier alpha value is -3.24. The Balaban J connectivity index is 0.000000266. The number of carboxylic acid groups (broad SMARTS) is 1. The summed E-state index contributed by atoms with van der Waals surface area (Å²) in [6.07, 6.45) is -2.88. The molecule has 1 aliphatic rings. The number of benzene rings is 2. The van der Waals surface area contributed by atoms with Gasteiger partial charge in [0, 0.05) is 76.0 Å². The average Bonchev–Trinajstić information content (AvgIpc) is 3.36. The topological polar surface area (TPSA) is 72.0 Å². The van der Waals surface area contributed by atoms with Gasteiger partial charge < -0.3 is 24.6 Å². The Bertz CT molecular complexity index is 1190. The zero-order chi connectivity index (χ0) is 27.2. The highest BCUT2D eigenvalue weighted by atomic mass is 19.4. The fourth-order valence-electron chi connectivity index (χ4n) is 4.50. The number of anilines is 1. The second kappa shape index (κ2) is 12.3. The first-order valence-corrected chi connectivity index (χ1v) is 12.1. The number of piperazine rings is 1. The number of aromatic amines is 1. The van der Waals surface area contributed by atoms with E-state index in [0.717, 1.165) is 53.1 Å². The number of rotatable bonds is 7. The van der Waals surface area contributed by atoms with E-state index in [2.05, 4.69) is 16.0 Å². The van der Waals surface area contributed by atoms with Crippen LogP contribution in [-0.2, 0) is 6.54 Å². The number of alkyl halides is 3. The molecule has 37 heavy (non-hydrogen) atoms. The first-order valence-electron chi connectivity index (χ1n) is 12.1. The minimum absolute atomic E-state index is 0.0905. The zero-order valence-electron chi connectivity index (χ0n) is 21.7. The van der Waals surface area contributed by atoms with Gasteiger partial charge in [-0.25, -0.2) is 4.79 Å². The van der Waals surface area contributed by atoms with Crippen molar-refractivity contribution in [2.75, 3.05) is 58.8 Å². The number of carboxylic acids is 1. The molecule has 2 heterocycles. The molecule has 202 valence electrons. The molecule has 1 aromatic heterocycles. The summed E-state index contributed by atoms with van der Waals surface area (Å²) in [6, 6.07) is 11.0. The lowest BCUT2D eigenvalue weighted by Gasteiger charge is -2.35. The van der Waals surface area contributed by atoms with E-state index < -0.39 is 18.6 Å². The van der Waals surface area contributed by atoms with Gasteiger partial charge in [0.1, 0.15) is 5.75 Å². The van der Waals surface area contributed by atoms with E-state index in [1.54, 1.807) is 30.2 Å². The van der Waals surface area contributed by atoms with Crippen LogP contribution in [0, 0.1) is 6.92 Å². The number of nitrogens with one attached hydrogen (secondary N) is 1. The third-order valence-corrected chi connectivity index (χ3v) is 6.51. The number of hydrogen-bond donors (Lipinski definition) is 2. The molecular formula is C27H35F3N4O3. The van der Waals surface area contributed by atoms with Crippen LogP contribution in [0.4, 0.5) is 18.9 Å². The maximum Gasteiger partial charge on any atom is 0.390 e. The van der Waals surface area contributed by atoms with Crippen molar-refractivity contribution in [1.29, 1.82) is 0 Å². The van der Waals surface area contributed by atoms with E-state index in [4.69, 9.17) is 9.84 Å². The van der Waals surface area contributed by atoms with E-state index in [1.807, 2.05) is 44.2 Å².